The molecule has 0 amide bonds. The quantitative estimate of drug-likeness (QED) is 0.709. The molecule has 0 heterocycles. The van der Waals surface area contributed by atoms with Crippen LogP contribution >= 0.6 is 11.6 Å². The number of phenolic OH excluding ortho intramolecular Hbond substituents is 1. The van der Waals surface area contributed by atoms with E-state index in [2.05, 4.69) is 0 Å². The zero-order chi connectivity index (χ0) is 12.3. The van der Waals surface area contributed by atoms with Crippen molar-refractivity contribution in [2.75, 3.05) is 0 Å². The minimum Gasteiger partial charge on any atom is -0.508 e. The predicted octanol–water partition coefficient (Wildman–Crippen LogP) is 4.67. The summed E-state index contributed by atoms with van der Waals surface area (Å²) in [5, 5.41) is 10.9. The second-order valence-corrected chi connectivity index (χ2v) is 3.68. The van der Waals surface area contributed by atoms with E-state index in [0.717, 1.165) is 0 Å². The number of rotatable bonds is 0. The van der Waals surface area contributed by atoms with Crippen molar-refractivity contribution in [2.24, 2.45) is 0 Å². The Morgan fingerprint density at radius 3 is 2.38 bits per heavy atom. The van der Waals surface area contributed by atoms with Gasteiger partial charge in [-0.3, -0.25) is 0 Å². The molecule has 0 bridgehead atoms. The van der Waals surface area contributed by atoms with E-state index in [4.69, 9.17) is 11.6 Å². The molecule has 0 fully saturated rings. The van der Waals surface area contributed by atoms with E-state index in [1.807, 2.05) is 13.8 Å². The normalized spacial score (nSPS) is 9.81. The largest absolute Gasteiger partial charge is 0.508 e. The Kier molecular flexibility index (Phi) is 4.13. The zero-order valence-electron chi connectivity index (χ0n) is 9.51. The van der Waals surface area contributed by atoms with Crippen LogP contribution in [0.1, 0.15) is 19.4 Å². The molecular formula is C13H14ClFO. The standard InChI is InChI=1S/C11H8ClFO.C2H6/c1-6-2-7-3-8(12)4-10(13)9(7)5-11(6)14;1-2/h2-5,14H,1H3;1-2H3. The molecule has 0 aliphatic carbocycles. The lowest BCUT2D eigenvalue weighted by atomic mass is 10.1. The number of hydrogen-bond donors (Lipinski definition) is 1. The Hall–Kier alpha value is -1.28. The van der Waals surface area contributed by atoms with Crippen LogP contribution in [0.3, 0.4) is 0 Å². The van der Waals surface area contributed by atoms with Gasteiger partial charge in [0.05, 0.1) is 0 Å². The minimum atomic E-state index is -0.414. The molecule has 2 aromatic rings. The van der Waals surface area contributed by atoms with Crippen molar-refractivity contribution in [2.45, 2.75) is 20.8 Å². The molecule has 0 saturated carbocycles. The van der Waals surface area contributed by atoms with Crippen LogP contribution in [0.15, 0.2) is 24.3 Å². The summed E-state index contributed by atoms with van der Waals surface area (Å²) in [5.74, 6) is -0.318. The van der Waals surface area contributed by atoms with Gasteiger partial charge in [0.2, 0.25) is 0 Å². The number of aryl methyl sites for hydroxylation is 1. The summed E-state index contributed by atoms with van der Waals surface area (Å²) >= 11 is 5.71. The van der Waals surface area contributed by atoms with Crippen LogP contribution in [0.25, 0.3) is 10.8 Å². The maximum Gasteiger partial charge on any atom is 0.132 e. The number of hydrogen-bond acceptors (Lipinski definition) is 1. The van der Waals surface area contributed by atoms with Crippen LogP contribution in [-0.4, -0.2) is 5.11 Å². The van der Waals surface area contributed by atoms with Crippen molar-refractivity contribution in [1.82, 2.24) is 0 Å². The lowest BCUT2D eigenvalue weighted by Gasteiger charge is -2.04. The fraction of sp³-hybridized carbons (Fsp3) is 0.231. The molecule has 0 unspecified atom stereocenters. The van der Waals surface area contributed by atoms with Crippen LogP contribution in [0.4, 0.5) is 4.39 Å². The Balaban J connectivity index is 0.000000606. The minimum absolute atomic E-state index is 0.0960. The van der Waals surface area contributed by atoms with Crippen LogP contribution < -0.4 is 0 Å². The van der Waals surface area contributed by atoms with Crippen LogP contribution in [0.2, 0.25) is 5.02 Å². The van der Waals surface area contributed by atoms with Crippen molar-refractivity contribution in [3.8, 4) is 5.75 Å². The topological polar surface area (TPSA) is 20.2 Å². The number of aromatic hydroxyl groups is 1. The molecule has 2 rings (SSSR count). The second kappa shape index (κ2) is 5.17. The highest BCUT2D eigenvalue weighted by Gasteiger charge is 2.05. The molecule has 16 heavy (non-hydrogen) atoms. The monoisotopic (exact) mass is 240 g/mol. The van der Waals surface area contributed by atoms with E-state index < -0.39 is 5.82 Å². The van der Waals surface area contributed by atoms with Crippen molar-refractivity contribution in [3.63, 3.8) is 0 Å². The first kappa shape index (κ1) is 12.8. The summed E-state index contributed by atoms with van der Waals surface area (Å²) in [6.45, 7) is 5.76. The van der Waals surface area contributed by atoms with Crippen LogP contribution in [-0.2, 0) is 0 Å². The van der Waals surface area contributed by atoms with Gasteiger partial charge in [-0.25, -0.2) is 4.39 Å². The highest BCUT2D eigenvalue weighted by Crippen LogP contribution is 2.28. The Bertz CT molecular complexity index is 509. The van der Waals surface area contributed by atoms with E-state index in [1.165, 1.54) is 12.1 Å². The summed E-state index contributed by atoms with van der Waals surface area (Å²) < 4.78 is 13.4. The highest BCUT2D eigenvalue weighted by molar-refractivity contribution is 6.31. The van der Waals surface area contributed by atoms with Crippen molar-refractivity contribution in [3.05, 3.63) is 40.7 Å². The zero-order valence-corrected chi connectivity index (χ0v) is 10.3. The highest BCUT2D eigenvalue weighted by atomic mass is 35.5. The first-order valence-corrected chi connectivity index (χ1v) is 5.54. The average Bonchev–Trinajstić information content (AvgIpc) is 2.24. The van der Waals surface area contributed by atoms with E-state index in [-0.39, 0.29) is 5.75 Å². The van der Waals surface area contributed by atoms with Gasteiger partial charge >= 0.3 is 0 Å². The van der Waals surface area contributed by atoms with Gasteiger partial charge in [-0.15, -0.1) is 0 Å². The second-order valence-electron chi connectivity index (χ2n) is 3.25. The molecule has 0 aliphatic heterocycles. The lowest BCUT2D eigenvalue weighted by molar-refractivity contribution is 0.471. The number of halogens is 2. The number of phenols is 1. The number of benzene rings is 2. The van der Waals surface area contributed by atoms with Gasteiger partial charge in [0, 0.05) is 10.4 Å². The van der Waals surface area contributed by atoms with E-state index in [9.17, 15) is 9.50 Å². The molecule has 0 atom stereocenters. The summed E-state index contributed by atoms with van der Waals surface area (Å²) in [5.41, 5.74) is 0.708. The SMILES string of the molecule is CC.Cc1cc2cc(Cl)cc(F)c2cc1O. The van der Waals surface area contributed by atoms with Gasteiger partial charge < -0.3 is 5.11 Å². The van der Waals surface area contributed by atoms with E-state index >= 15 is 0 Å². The first-order chi connectivity index (χ1) is 7.58. The van der Waals surface area contributed by atoms with Gasteiger partial charge in [-0.1, -0.05) is 25.4 Å². The Morgan fingerprint density at radius 1 is 1.12 bits per heavy atom. The third-order valence-electron chi connectivity index (χ3n) is 2.18. The Morgan fingerprint density at radius 2 is 1.75 bits per heavy atom. The molecule has 2 aromatic carbocycles. The molecule has 0 aromatic heterocycles. The van der Waals surface area contributed by atoms with Crippen LogP contribution in [0, 0.1) is 12.7 Å². The van der Waals surface area contributed by atoms with Gasteiger partial charge in [0.1, 0.15) is 11.6 Å². The average molecular weight is 241 g/mol. The molecule has 1 N–H and O–H groups in total. The van der Waals surface area contributed by atoms with Gasteiger partial charge in [0.25, 0.3) is 0 Å². The van der Waals surface area contributed by atoms with E-state index in [1.54, 1.807) is 19.1 Å². The molecule has 0 aliphatic rings. The smallest absolute Gasteiger partial charge is 0.132 e. The van der Waals surface area contributed by atoms with Crippen molar-refractivity contribution in [1.29, 1.82) is 0 Å². The van der Waals surface area contributed by atoms with Gasteiger partial charge in [-0.2, -0.15) is 0 Å². The van der Waals surface area contributed by atoms with Gasteiger partial charge in [-0.05, 0) is 42.1 Å². The third kappa shape index (κ3) is 2.45. The molecule has 0 radical (unpaired) electrons. The Labute approximate surface area is 99.5 Å². The fourth-order valence-electron chi connectivity index (χ4n) is 1.43. The predicted molar refractivity (Wildman–Crippen MR) is 66.7 cm³/mol. The van der Waals surface area contributed by atoms with E-state index in [0.29, 0.717) is 21.4 Å². The van der Waals surface area contributed by atoms with Crippen molar-refractivity contribution < 1.29 is 9.50 Å². The first-order valence-electron chi connectivity index (χ1n) is 5.16. The summed E-state index contributed by atoms with van der Waals surface area (Å²) in [4.78, 5) is 0. The lowest BCUT2D eigenvalue weighted by Crippen LogP contribution is -1.82. The fourth-order valence-corrected chi connectivity index (χ4v) is 1.65. The summed E-state index contributed by atoms with van der Waals surface area (Å²) in [6.07, 6.45) is 0. The molecule has 86 valence electrons. The molecule has 3 heteroatoms. The molecule has 1 nitrogen and oxygen atoms in total. The maximum atomic E-state index is 13.4. The molecular weight excluding hydrogens is 227 g/mol. The molecule has 0 saturated heterocycles. The third-order valence-corrected chi connectivity index (χ3v) is 2.40. The number of fused-ring (bicyclic) bond motifs is 1. The summed E-state index contributed by atoms with van der Waals surface area (Å²) in [6, 6.07) is 6.03. The summed E-state index contributed by atoms with van der Waals surface area (Å²) in [7, 11) is 0. The van der Waals surface area contributed by atoms with Gasteiger partial charge in [0.15, 0.2) is 0 Å². The maximum absolute atomic E-state index is 13.4. The van der Waals surface area contributed by atoms with Crippen molar-refractivity contribution >= 4 is 22.4 Å². The molecule has 0 spiro atoms. The van der Waals surface area contributed by atoms with Crippen LogP contribution in [0.5, 0.6) is 5.75 Å².